The van der Waals surface area contributed by atoms with Crippen LogP contribution in [0.25, 0.3) is 0 Å². The summed E-state index contributed by atoms with van der Waals surface area (Å²) in [4.78, 5) is 2.51. The lowest BCUT2D eigenvalue weighted by Crippen LogP contribution is -2.35. The van der Waals surface area contributed by atoms with Gasteiger partial charge in [-0.3, -0.25) is 4.90 Å². The van der Waals surface area contributed by atoms with E-state index in [1.807, 2.05) is 0 Å². The monoisotopic (exact) mass is 142 g/mol. The molecule has 1 rings (SSSR count). The molecule has 0 saturated carbocycles. The van der Waals surface area contributed by atoms with E-state index in [1.54, 1.807) is 0 Å². The largest absolute Gasteiger partial charge is 0.329 e. The molecule has 2 N–H and O–H groups in total. The SMILES string of the molecule is CCCN1CCCC1CN. The van der Waals surface area contributed by atoms with Gasteiger partial charge in [0.25, 0.3) is 0 Å². The second-order valence-electron chi connectivity index (χ2n) is 3.07. The average Bonchev–Trinajstić information content (AvgIpc) is 2.36. The van der Waals surface area contributed by atoms with Gasteiger partial charge in [0, 0.05) is 12.6 Å². The summed E-state index contributed by atoms with van der Waals surface area (Å²) in [6.07, 6.45) is 3.93. The summed E-state index contributed by atoms with van der Waals surface area (Å²) in [6, 6.07) is 0.694. The predicted octanol–water partition coefficient (Wildman–Crippen LogP) is 0.820. The molecule has 0 radical (unpaired) electrons. The molecule has 1 atom stereocenters. The highest BCUT2D eigenvalue weighted by Crippen LogP contribution is 2.15. The van der Waals surface area contributed by atoms with Crippen molar-refractivity contribution in [2.75, 3.05) is 19.6 Å². The summed E-state index contributed by atoms with van der Waals surface area (Å²) in [5, 5.41) is 0. The minimum Gasteiger partial charge on any atom is -0.329 e. The Hall–Kier alpha value is -0.0800. The average molecular weight is 142 g/mol. The first-order chi connectivity index (χ1) is 4.88. The zero-order chi connectivity index (χ0) is 7.40. The maximum atomic E-state index is 5.61. The predicted molar refractivity (Wildman–Crippen MR) is 43.9 cm³/mol. The van der Waals surface area contributed by atoms with Gasteiger partial charge in [0.1, 0.15) is 0 Å². The van der Waals surface area contributed by atoms with Gasteiger partial charge in [-0.25, -0.2) is 0 Å². The van der Waals surface area contributed by atoms with Gasteiger partial charge in [-0.2, -0.15) is 0 Å². The molecule has 1 heterocycles. The quantitative estimate of drug-likeness (QED) is 0.632. The first kappa shape index (κ1) is 8.02. The van der Waals surface area contributed by atoms with Crippen molar-refractivity contribution in [1.82, 2.24) is 4.90 Å². The van der Waals surface area contributed by atoms with Gasteiger partial charge >= 0.3 is 0 Å². The highest BCUT2D eigenvalue weighted by atomic mass is 15.2. The lowest BCUT2D eigenvalue weighted by atomic mass is 10.2. The molecule has 1 unspecified atom stereocenters. The fourth-order valence-electron chi connectivity index (χ4n) is 1.74. The second kappa shape index (κ2) is 3.94. The second-order valence-corrected chi connectivity index (χ2v) is 3.07. The molecule has 0 bridgehead atoms. The van der Waals surface area contributed by atoms with E-state index in [9.17, 15) is 0 Å². The van der Waals surface area contributed by atoms with Crippen LogP contribution >= 0.6 is 0 Å². The highest BCUT2D eigenvalue weighted by molar-refractivity contribution is 4.78. The van der Waals surface area contributed by atoms with Crippen molar-refractivity contribution >= 4 is 0 Å². The van der Waals surface area contributed by atoms with E-state index in [1.165, 1.54) is 32.4 Å². The molecule has 0 aromatic heterocycles. The number of hydrogen-bond donors (Lipinski definition) is 1. The lowest BCUT2D eigenvalue weighted by Gasteiger charge is -2.21. The summed E-state index contributed by atoms with van der Waals surface area (Å²) < 4.78 is 0. The van der Waals surface area contributed by atoms with Crippen LogP contribution in [0.15, 0.2) is 0 Å². The summed E-state index contributed by atoms with van der Waals surface area (Å²) >= 11 is 0. The molecule has 0 amide bonds. The Kier molecular flexibility index (Phi) is 3.16. The Morgan fingerprint density at radius 3 is 3.00 bits per heavy atom. The van der Waals surface area contributed by atoms with Crippen molar-refractivity contribution in [2.24, 2.45) is 5.73 Å². The van der Waals surface area contributed by atoms with Crippen LogP contribution in [0.4, 0.5) is 0 Å². The Morgan fingerprint density at radius 2 is 2.40 bits per heavy atom. The smallest absolute Gasteiger partial charge is 0.0218 e. The lowest BCUT2D eigenvalue weighted by molar-refractivity contribution is 0.259. The number of rotatable bonds is 3. The fraction of sp³-hybridized carbons (Fsp3) is 1.00. The summed E-state index contributed by atoms with van der Waals surface area (Å²) in [7, 11) is 0. The van der Waals surface area contributed by atoms with Crippen molar-refractivity contribution in [3.05, 3.63) is 0 Å². The fourth-order valence-corrected chi connectivity index (χ4v) is 1.74. The Labute approximate surface area is 63.4 Å². The molecular weight excluding hydrogens is 124 g/mol. The zero-order valence-corrected chi connectivity index (χ0v) is 6.84. The molecule has 60 valence electrons. The van der Waals surface area contributed by atoms with Gasteiger partial charge in [0.15, 0.2) is 0 Å². The molecule has 1 aliphatic rings. The molecule has 2 nitrogen and oxygen atoms in total. The van der Waals surface area contributed by atoms with Gasteiger partial charge < -0.3 is 5.73 Å². The van der Waals surface area contributed by atoms with Gasteiger partial charge in [-0.05, 0) is 32.4 Å². The van der Waals surface area contributed by atoms with E-state index in [0.717, 1.165) is 6.54 Å². The Morgan fingerprint density at radius 1 is 1.60 bits per heavy atom. The zero-order valence-electron chi connectivity index (χ0n) is 6.84. The molecule has 0 aliphatic carbocycles. The molecule has 10 heavy (non-hydrogen) atoms. The summed E-state index contributed by atoms with van der Waals surface area (Å²) in [6.45, 7) is 5.59. The molecule has 2 heteroatoms. The third-order valence-electron chi connectivity index (χ3n) is 2.28. The van der Waals surface area contributed by atoms with E-state index in [2.05, 4.69) is 11.8 Å². The van der Waals surface area contributed by atoms with E-state index in [0.29, 0.717) is 6.04 Å². The van der Waals surface area contributed by atoms with Crippen LogP contribution in [-0.2, 0) is 0 Å². The van der Waals surface area contributed by atoms with Crippen molar-refractivity contribution in [3.8, 4) is 0 Å². The summed E-state index contributed by atoms with van der Waals surface area (Å²) in [5.74, 6) is 0. The van der Waals surface area contributed by atoms with Gasteiger partial charge in [-0.15, -0.1) is 0 Å². The molecule has 0 aromatic rings. The summed E-state index contributed by atoms with van der Waals surface area (Å²) in [5.41, 5.74) is 5.61. The standard InChI is InChI=1S/C8H18N2/c1-2-5-10-6-3-4-8(10)7-9/h8H,2-7,9H2,1H3. The third kappa shape index (κ3) is 1.70. The van der Waals surface area contributed by atoms with Crippen LogP contribution in [-0.4, -0.2) is 30.6 Å². The van der Waals surface area contributed by atoms with Gasteiger partial charge in [0.2, 0.25) is 0 Å². The van der Waals surface area contributed by atoms with E-state index in [-0.39, 0.29) is 0 Å². The first-order valence-corrected chi connectivity index (χ1v) is 4.32. The van der Waals surface area contributed by atoms with Crippen molar-refractivity contribution in [1.29, 1.82) is 0 Å². The molecule has 1 saturated heterocycles. The first-order valence-electron chi connectivity index (χ1n) is 4.32. The van der Waals surface area contributed by atoms with Crippen LogP contribution < -0.4 is 5.73 Å². The number of likely N-dealkylation sites (tertiary alicyclic amines) is 1. The van der Waals surface area contributed by atoms with Crippen LogP contribution in [0.5, 0.6) is 0 Å². The molecule has 0 aromatic carbocycles. The molecule has 1 fully saturated rings. The van der Waals surface area contributed by atoms with Crippen molar-refractivity contribution < 1.29 is 0 Å². The third-order valence-corrected chi connectivity index (χ3v) is 2.28. The van der Waals surface area contributed by atoms with Crippen molar-refractivity contribution in [3.63, 3.8) is 0 Å². The Balaban J connectivity index is 2.27. The van der Waals surface area contributed by atoms with E-state index in [4.69, 9.17) is 5.73 Å². The van der Waals surface area contributed by atoms with Crippen LogP contribution in [0.3, 0.4) is 0 Å². The van der Waals surface area contributed by atoms with E-state index >= 15 is 0 Å². The van der Waals surface area contributed by atoms with Gasteiger partial charge in [-0.1, -0.05) is 6.92 Å². The maximum absolute atomic E-state index is 5.61. The molecule has 1 aliphatic heterocycles. The van der Waals surface area contributed by atoms with Crippen LogP contribution in [0.1, 0.15) is 26.2 Å². The van der Waals surface area contributed by atoms with Gasteiger partial charge in [0.05, 0.1) is 0 Å². The Bertz CT molecular complexity index is 93.3. The molecule has 0 spiro atoms. The normalized spacial score (nSPS) is 27.6. The maximum Gasteiger partial charge on any atom is 0.0218 e. The van der Waals surface area contributed by atoms with E-state index < -0.39 is 0 Å². The van der Waals surface area contributed by atoms with Crippen LogP contribution in [0, 0.1) is 0 Å². The molecular formula is C8H18N2. The number of nitrogens with two attached hydrogens (primary N) is 1. The highest BCUT2D eigenvalue weighted by Gasteiger charge is 2.21. The number of hydrogen-bond acceptors (Lipinski definition) is 2. The van der Waals surface area contributed by atoms with Crippen LogP contribution in [0.2, 0.25) is 0 Å². The number of nitrogens with zero attached hydrogens (tertiary/aromatic N) is 1. The minimum atomic E-state index is 0.694. The minimum absolute atomic E-state index is 0.694. The van der Waals surface area contributed by atoms with Crippen molar-refractivity contribution in [2.45, 2.75) is 32.2 Å². The topological polar surface area (TPSA) is 29.3 Å².